The largest absolute Gasteiger partial charge is 0.497 e. The Labute approximate surface area is 229 Å². The molecule has 0 fully saturated rings. The number of benzene rings is 3. The lowest BCUT2D eigenvalue weighted by Crippen LogP contribution is -2.25. The number of amides is 2. The predicted molar refractivity (Wildman–Crippen MR) is 147 cm³/mol. The van der Waals surface area contributed by atoms with Gasteiger partial charge in [-0.1, -0.05) is 23.9 Å². The number of hydrogen-bond donors (Lipinski definition) is 2. The van der Waals surface area contributed by atoms with Crippen LogP contribution in [0.25, 0.3) is 5.69 Å². The van der Waals surface area contributed by atoms with Crippen molar-refractivity contribution in [3.8, 4) is 17.2 Å². The number of halogens is 1. The lowest BCUT2D eigenvalue weighted by atomic mass is 10.1. The van der Waals surface area contributed by atoms with Crippen molar-refractivity contribution in [2.75, 3.05) is 25.3 Å². The third-order valence-electron chi connectivity index (χ3n) is 5.79. The van der Waals surface area contributed by atoms with Gasteiger partial charge in [0.2, 0.25) is 5.91 Å². The van der Waals surface area contributed by atoms with E-state index in [0.29, 0.717) is 33.7 Å². The molecule has 0 aliphatic heterocycles. The zero-order valence-corrected chi connectivity index (χ0v) is 22.8. The molecule has 9 nitrogen and oxygen atoms in total. The molecule has 1 aromatic heterocycles. The summed E-state index contributed by atoms with van der Waals surface area (Å²) >= 11 is 1.21. The average Bonchev–Trinajstić information content (AvgIpc) is 3.35. The Morgan fingerprint density at radius 1 is 0.949 bits per heavy atom. The van der Waals surface area contributed by atoms with Crippen LogP contribution in [-0.4, -0.2) is 46.6 Å². The number of ether oxygens (including phenoxy) is 2. The molecule has 0 spiro atoms. The number of nitrogens with one attached hydrogen (secondary N) is 2. The molecule has 4 aromatic rings. The number of aryl methyl sites for hydroxylation is 2. The van der Waals surface area contributed by atoms with E-state index in [0.717, 1.165) is 16.8 Å². The molecule has 202 valence electrons. The Bertz CT molecular complexity index is 1470. The van der Waals surface area contributed by atoms with Gasteiger partial charge < -0.3 is 20.1 Å². The van der Waals surface area contributed by atoms with E-state index in [1.54, 1.807) is 18.2 Å². The van der Waals surface area contributed by atoms with Gasteiger partial charge in [0.15, 0.2) is 11.0 Å². The highest BCUT2D eigenvalue weighted by Crippen LogP contribution is 2.26. The van der Waals surface area contributed by atoms with Crippen molar-refractivity contribution in [1.29, 1.82) is 0 Å². The highest BCUT2D eigenvalue weighted by atomic mass is 32.2. The van der Waals surface area contributed by atoms with Gasteiger partial charge in [-0.05, 0) is 67.4 Å². The van der Waals surface area contributed by atoms with Gasteiger partial charge in [0.1, 0.15) is 17.3 Å². The van der Waals surface area contributed by atoms with Crippen LogP contribution in [0.2, 0.25) is 0 Å². The Morgan fingerprint density at radius 3 is 2.31 bits per heavy atom. The first-order chi connectivity index (χ1) is 18.8. The van der Waals surface area contributed by atoms with Crippen molar-refractivity contribution < 1.29 is 23.5 Å². The molecule has 1 heterocycles. The fourth-order valence-corrected chi connectivity index (χ4v) is 4.53. The van der Waals surface area contributed by atoms with Crippen molar-refractivity contribution in [2.45, 2.75) is 25.5 Å². The third kappa shape index (κ3) is 6.94. The fraction of sp³-hybridized carbons (Fsp3) is 0.214. The highest BCUT2D eigenvalue weighted by molar-refractivity contribution is 7.99. The molecule has 0 bridgehead atoms. The predicted octanol–water partition coefficient (Wildman–Crippen LogP) is 4.70. The second-order valence-electron chi connectivity index (χ2n) is 8.65. The van der Waals surface area contributed by atoms with E-state index in [2.05, 4.69) is 20.8 Å². The Balaban J connectivity index is 1.55. The van der Waals surface area contributed by atoms with E-state index >= 15 is 0 Å². The summed E-state index contributed by atoms with van der Waals surface area (Å²) in [5.41, 5.74) is 3.72. The number of nitrogens with zero attached hydrogens (tertiary/aromatic N) is 3. The molecule has 2 N–H and O–H groups in total. The topological polar surface area (TPSA) is 107 Å². The summed E-state index contributed by atoms with van der Waals surface area (Å²) in [6.45, 7) is 4.03. The summed E-state index contributed by atoms with van der Waals surface area (Å²) in [7, 11) is 3.03. The molecule has 0 saturated carbocycles. The highest BCUT2D eigenvalue weighted by Gasteiger charge is 2.19. The van der Waals surface area contributed by atoms with E-state index in [-0.39, 0.29) is 29.9 Å². The number of carbonyl (C=O) groups is 2. The molecule has 0 aliphatic carbocycles. The third-order valence-corrected chi connectivity index (χ3v) is 6.72. The number of thioether (sulfide) groups is 1. The van der Waals surface area contributed by atoms with E-state index in [4.69, 9.17) is 9.47 Å². The number of carbonyl (C=O) groups excluding carboxylic acids is 2. The van der Waals surface area contributed by atoms with E-state index < -0.39 is 0 Å². The second-order valence-corrected chi connectivity index (χ2v) is 9.59. The van der Waals surface area contributed by atoms with Crippen LogP contribution in [0.1, 0.15) is 27.3 Å². The Hall–Kier alpha value is -4.38. The smallest absolute Gasteiger partial charge is 0.251 e. The van der Waals surface area contributed by atoms with Crippen molar-refractivity contribution in [2.24, 2.45) is 0 Å². The van der Waals surface area contributed by atoms with E-state index in [1.807, 2.05) is 36.6 Å². The SMILES string of the molecule is COc1cc(OC)cc(C(=O)NCc2nnc(SCC(=O)Nc3ccc(F)cc3)n2-c2cc(C)ccc2C)c1. The molecular formula is C28H28FN5O4S. The number of methoxy groups -OCH3 is 2. The zero-order chi connectivity index (χ0) is 27.9. The van der Waals surface area contributed by atoms with Crippen LogP contribution in [0.5, 0.6) is 11.5 Å². The molecular weight excluding hydrogens is 521 g/mol. The van der Waals surface area contributed by atoms with Gasteiger partial charge in [0.05, 0.1) is 32.2 Å². The van der Waals surface area contributed by atoms with Crippen LogP contribution in [-0.2, 0) is 11.3 Å². The monoisotopic (exact) mass is 549 g/mol. The van der Waals surface area contributed by atoms with Crippen LogP contribution in [0.4, 0.5) is 10.1 Å². The quantitative estimate of drug-likeness (QED) is 0.276. The maximum absolute atomic E-state index is 13.2. The average molecular weight is 550 g/mol. The standard InChI is InChI=1S/C28H28FN5O4S/c1-17-5-6-18(2)24(11-17)34-25(15-30-27(36)19-12-22(37-3)14-23(13-19)38-4)32-33-28(34)39-16-26(35)31-21-9-7-20(29)8-10-21/h5-14H,15-16H2,1-4H3,(H,30,36)(H,31,35). The summed E-state index contributed by atoms with van der Waals surface area (Å²) in [4.78, 5) is 25.5. The van der Waals surface area contributed by atoms with Gasteiger partial charge in [-0.2, -0.15) is 0 Å². The van der Waals surface area contributed by atoms with Crippen molar-refractivity contribution in [1.82, 2.24) is 20.1 Å². The van der Waals surface area contributed by atoms with Crippen molar-refractivity contribution >= 4 is 29.3 Å². The first-order valence-electron chi connectivity index (χ1n) is 12.0. The normalized spacial score (nSPS) is 10.7. The summed E-state index contributed by atoms with van der Waals surface area (Å²) in [5.74, 6) is 0.546. The molecule has 2 amide bonds. The number of aromatic nitrogens is 3. The van der Waals surface area contributed by atoms with E-state index in [1.165, 1.54) is 50.2 Å². The van der Waals surface area contributed by atoms with Gasteiger partial charge in [-0.3, -0.25) is 14.2 Å². The molecule has 39 heavy (non-hydrogen) atoms. The lowest BCUT2D eigenvalue weighted by molar-refractivity contribution is -0.113. The van der Waals surface area contributed by atoms with Crippen molar-refractivity contribution in [3.05, 3.63) is 89.0 Å². The minimum absolute atomic E-state index is 0.0519. The first-order valence-corrected chi connectivity index (χ1v) is 13.0. The van der Waals surface area contributed by atoms with E-state index in [9.17, 15) is 14.0 Å². The number of rotatable bonds is 10. The van der Waals surface area contributed by atoms with Gasteiger partial charge in [-0.25, -0.2) is 4.39 Å². The Morgan fingerprint density at radius 2 is 1.64 bits per heavy atom. The zero-order valence-electron chi connectivity index (χ0n) is 21.9. The summed E-state index contributed by atoms with van der Waals surface area (Å²) in [6.07, 6.45) is 0. The molecule has 0 aliphatic rings. The minimum Gasteiger partial charge on any atom is -0.497 e. The summed E-state index contributed by atoms with van der Waals surface area (Å²) in [5, 5.41) is 14.8. The molecule has 0 saturated heterocycles. The lowest BCUT2D eigenvalue weighted by Gasteiger charge is -2.14. The summed E-state index contributed by atoms with van der Waals surface area (Å²) < 4.78 is 25.5. The van der Waals surface area contributed by atoms with Crippen LogP contribution in [0.3, 0.4) is 0 Å². The fourth-order valence-electron chi connectivity index (χ4n) is 3.77. The molecule has 0 atom stereocenters. The van der Waals surface area contributed by atoms with Gasteiger partial charge in [-0.15, -0.1) is 10.2 Å². The molecule has 0 radical (unpaired) electrons. The second kappa shape index (κ2) is 12.4. The summed E-state index contributed by atoms with van der Waals surface area (Å²) in [6, 6.07) is 16.5. The van der Waals surface area contributed by atoms with Crippen LogP contribution >= 0.6 is 11.8 Å². The molecule has 0 unspecified atom stereocenters. The Kier molecular flexibility index (Phi) is 8.82. The van der Waals surface area contributed by atoms with Crippen molar-refractivity contribution in [3.63, 3.8) is 0 Å². The minimum atomic E-state index is -0.380. The van der Waals surface area contributed by atoms with Gasteiger partial charge in [0.25, 0.3) is 5.91 Å². The van der Waals surface area contributed by atoms with Crippen LogP contribution in [0, 0.1) is 19.7 Å². The number of anilines is 1. The molecule has 4 rings (SSSR count). The van der Waals surface area contributed by atoms with Crippen LogP contribution < -0.4 is 20.1 Å². The first kappa shape index (κ1) is 27.6. The maximum Gasteiger partial charge on any atom is 0.251 e. The maximum atomic E-state index is 13.2. The van der Waals surface area contributed by atoms with Crippen LogP contribution in [0.15, 0.2) is 65.8 Å². The molecule has 3 aromatic carbocycles. The number of hydrogen-bond acceptors (Lipinski definition) is 7. The van der Waals surface area contributed by atoms with Gasteiger partial charge >= 0.3 is 0 Å². The van der Waals surface area contributed by atoms with Gasteiger partial charge in [0, 0.05) is 17.3 Å². The molecule has 11 heteroatoms.